The van der Waals surface area contributed by atoms with E-state index in [9.17, 15) is 34.5 Å². The molecular weight excluding hydrogens is 917 g/mol. The van der Waals surface area contributed by atoms with Crippen molar-refractivity contribution in [3.63, 3.8) is 0 Å². The first-order valence-corrected chi connectivity index (χ1v) is 22.6. The number of hydrogen-bond donors (Lipinski definition) is 5. The number of benzene rings is 6. The maximum absolute atomic E-state index is 12.7. The standard InChI is InChI=1S/C27H25NO5.C24H21NO5.C3H5Br/c1-2-15-32-26(30)25(16-18-11-13-19(29)14-12-18)28-27(31)33-17-24-22-9-5-3-7-20(22)21-8-4-6-10-23(21)24;26-16-11-9-15(10-12-16)13-22(23(27)28)25-24(29)30-14-21-19-7-3-1-5-17(19)18-6-2-4-8-20(18)21;1-2-3-4/h2-14,24-25,29H,1,15-17H2,(H,28,31);1-12,21-22,26H,13-14H2,(H,25,29)(H,27,28);2H,1,3H2. The van der Waals surface area contributed by atoms with Gasteiger partial charge >= 0.3 is 24.1 Å². The second-order valence-corrected chi connectivity index (χ2v) is 16.1. The van der Waals surface area contributed by atoms with Crippen molar-refractivity contribution in [3.8, 4) is 33.8 Å². The van der Waals surface area contributed by atoms with Crippen LogP contribution in [0.3, 0.4) is 0 Å². The van der Waals surface area contributed by atoms with Crippen LogP contribution in [-0.2, 0) is 36.6 Å². The van der Waals surface area contributed by atoms with E-state index in [1.807, 2.05) is 84.9 Å². The SMILES string of the molecule is C=CCBr.C=CCOC(=O)C(Cc1ccc(O)cc1)NC(=O)OCC1c2ccccc2-c2ccccc21.O=C(NC(Cc1ccc(O)cc1)C(=O)O)OCC1c2ccccc2-c2ccccc21. The van der Waals surface area contributed by atoms with Gasteiger partial charge in [-0.2, -0.15) is 0 Å². The van der Waals surface area contributed by atoms with E-state index in [-0.39, 0.29) is 56.0 Å². The molecule has 0 saturated carbocycles. The third-order valence-electron chi connectivity index (χ3n) is 11.1. The van der Waals surface area contributed by atoms with Crippen molar-refractivity contribution < 1.29 is 48.7 Å². The summed E-state index contributed by atoms with van der Waals surface area (Å²) >= 11 is 3.13. The number of phenolic OH excluding ortho intramolecular Hbond substituents is 2. The topological polar surface area (TPSA) is 181 Å². The molecule has 13 heteroatoms. The molecule has 67 heavy (non-hydrogen) atoms. The number of fused-ring (bicyclic) bond motifs is 6. The molecule has 2 atom stereocenters. The van der Waals surface area contributed by atoms with Crippen LogP contribution in [0.4, 0.5) is 9.59 Å². The van der Waals surface area contributed by atoms with E-state index in [0.29, 0.717) is 5.56 Å². The van der Waals surface area contributed by atoms with Crippen LogP contribution in [0.1, 0.15) is 45.2 Å². The number of aromatic hydroxyl groups is 2. The molecule has 2 aliphatic carbocycles. The molecule has 0 heterocycles. The molecule has 6 aromatic carbocycles. The molecular formula is C54H51BrN2O10. The highest BCUT2D eigenvalue weighted by Crippen LogP contribution is 2.45. The average Bonchev–Trinajstić information content (AvgIpc) is 3.85. The van der Waals surface area contributed by atoms with E-state index in [1.54, 1.807) is 30.3 Å². The largest absolute Gasteiger partial charge is 0.508 e. The number of amides is 2. The first-order chi connectivity index (χ1) is 32.5. The maximum Gasteiger partial charge on any atom is 0.407 e. The number of ether oxygens (including phenoxy) is 3. The highest BCUT2D eigenvalue weighted by atomic mass is 79.9. The molecule has 0 aliphatic heterocycles. The van der Waals surface area contributed by atoms with Crippen molar-refractivity contribution >= 4 is 40.1 Å². The number of carbonyl (C=O) groups excluding carboxylic acids is 3. The second-order valence-electron chi connectivity index (χ2n) is 15.5. The van der Waals surface area contributed by atoms with Gasteiger partial charge in [0.15, 0.2) is 0 Å². The quantitative estimate of drug-likeness (QED) is 0.0288. The van der Waals surface area contributed by atoms with Crippen LogP contribution in [0.15, 0.2) is 171 Å². The zero-order chi connectivity index (χ0) is 47.7. The summed E-state index contributed by atoms with van der Waals surface area (Å²) in [5.74, 6) is -1.70. The van der Waals surface area contributed by atoms with Gasteiger partial charge in [0.05, 0.1) is 0 Å². The fourth-order valence-electron chi connectivity index (χ4n) is 7.94. The Morgan fingerprint density at radius 3 is 1.22 bits per heavy atom. The first kappa shape index (κ1) is 48.8. The Balaban J connectivity index is 0.000000206. The number of hydrogen-bond acceptors (Lipinski definition) is 9. The van der Waals surface area contributed by atoms with Crippen LogP contribution < -0.4 is 10.6 Å². The molecule has 344 valence electrons. The Labute approximate surface area is 397 Å². The van der Waals surface area contributed by atoms with E-state index in [4.69, 9.17) is 14.2 Å². The van der Waals surface area contributed by atoms with Crippen molar-refractivity contribution in [2.45, 2.75) is 36.8 Å². The van der Waals surface area contributed by atoms with E-state index in [1.165, 1.54) is 30.3 Å². The van der Waals surface area contributed by atoms with Crippen LogP contribution in [0.25, 0.3) is 22.3 Å². The Morgan fingerprint density at radius 1 is 0.537 bits per heavy atom. The highest BCUT2D eigenvalue weighted by molar-refractivity contribution is 9.09. The number of allylic oxidation sites excluding steroid dienone is 1. The molecule has 0 bridgehead atoms. The van der Waals surface area contributed by atoms with Gasteiger partial charge in [-0.25, -0.2) is 19.2 Å². The molecule has 8 rings (SSSR count). The lowest BCUT2D eigenvalue weighted by Crippen LogP contribution is -2.44. The number of carboxylic acid groups (broad SMARTS) is 1. The van der Waals surface area contributed by atoms with Crippen LogP contribution in [0, 0.1) is 0 Å². The van der Waals surface area contributed by atoms with Crippen molar-refractivity contribution in [3.05, 3.63) is 204 Å². The van der Waals surface area contributed by atoms with Gasteiger partial charge in [-0.15, -0.1) is 6.58 Å². The smallest absolute Gasteiger partial charge is 0.407 e. The molecule has 2 amide bonds. The summed E-state index contributed by atoms with van der Waals surface area (Å²) in [4.78, 5) is 49.1. The third kappa shape index (κ3) is 13.0. The Kier molecular flexibility index (Phi) is 17.5. The summed E-state index contributed by atoms with van der Waals surface area (Å²) in [6.45, 7) is 7.27. The minimum Gasteiger partial charge on any atom is -0.508 e. The molecule has 0 radical (unpaired) electrons. The van der Waals surface area contributed by atoms with E-state index in [0.717, 1.165) is 55.4 Å². The Morgan fingerprint density at radius 2 is 0.881 bits per heavy atom. The molecule has 6 aromatic rings. The van der Waals surface area contributed by atoms with Gasteiger partial charge in [-0.1, -0.05) is 156 Å². The molecule has 5 N–H and O–H groups in total. The number of nitrogens with one attached hydrogen (secondary N) is 2. The summed E-state index contributed by atoms with van der Waals surface area (Å²) < 4.78 is 16.1. The summed E-state index contributed by atoms with van der Waals surface area (Å²) in [6.07, 6.45) is 2.06. The maximum atomic E-state index is 12.7. The van der Waals surface area contributed by atoms with Gasteiger partial charge in [0.2, 0.25) is 0 Å². The zero-order valence-electron chi connectivity index (χ0n) is 36.6. The van der Waals surface area contributed by atoms with Gasteiger partial charge in [-0.3, -0.25) is 0 Å². The molecule has 0 spiro atoms. The average molecular weight is 968 g/mol. The Hall–Kier alpha value is -7.64. The summed E-state index contributed by atoms with van der Waals surface area (Å²) in [5, 5.41) is 34.2. The molecule has 12 nitrogen and oxygen atoms in total. The normalized spacial score (nSPS) is 12.6. The van der Waals surface area contributed by atoms with Crippen LogP contribution in [-0.4, -0.2) is 76.7 Å². The van der Waals surface area contributed by atoms with Crippen LogP contribution in [0.5, 0.6) is 11.5 Å². The lowest BCUT2D eigenvalue weighted by Gasteiger charge is -2.19. The fraction of sp³-hybridized carbons (Fsp3) is 0.185. The number of halogens is 1. The number of alkyl halides is 1. The number of esters is 1. The number of rotatable bonds is 15. The van der Waals surface area contributed by atoms with E-state index < -0.39 is 36.2 Å². The minimum atomic E-state index is -1.16. The van der Waals surface area contributed by atoms with Crippen LogP contribution >= 0.6 is 15.9 Å². The summed E-state index contributed by atoms with van der Waals surface area (Å²) in [6, 6.07) is 42.7. The Bertz CT molecular complexity index is 2580. The van der Waals surface area contributed by atoms with Gasteiger partial charge in [0, 0.05) is 30.0 Å². The molecule has 0 saturated heterocycles. The highest BCUT2D eigenvalue weighted by Gasteiger charge is 2.32. The summed E-state index contributed by atoms with van der Waals surface area (Å²) in [5.41, 5.74) is 10.4. The fourth-order valence-corrected chi connectivity index (χ4v) is 7.94. The van der Waals surface area contributed by atoms with E-state index >= 15 is 0 Å². The third-order valence-corrected chi connectivity index (χ3v) is 11.5. The molecule has 2 aliphatic rings. The lowest BCUT2D eigenvalue weighted by molar-refractivity contribution is -0.144. The van der Waals surface area contributed by atoms with Crippen LogP contribution in [0.2, 0.25) is 0 Å². The second kappa shape index (κ2) is 24.0. The number of alkyl carbamates (subject to hydrolysis) is 2. The predicted molar refractivity (Wildman–Crippen MR) is 260 cm³/mol. The zero-order valence-corrected chi connectivity index (χ0v) is 38.1. The number of carboxylic acids is 1. The van der Waals surface area contributed by atoms with Crippen molar-refractivity contribution in [1.29, 1.82) is 0 Å². The molecule has 0 fully saturated rings. The van der Waals surface area contributed by atoms with Crippen molar-refractivity contribution in [1.82, 2.24) is 10.6 Å². The summed E-state index contributed by atoms with van der Waals surface area (Å²) in [7, 11) is 0. The number of phenols is 2. The van der Waals surface area contributed by atoms with Gasteiger partial charge in [0.1, 0.15) is 43.4 Å². The number of aliphatic carboxylic acids is 1. The van der Waals surface area contributed by atoms with E-state index in [2.05, 4.69) is 51.9 Å². The van der Waals surface area contributed by atoms with Gasteiger partial charge in [-0.05, 0) is 79.9 Å². The monoisotopic (exact) mass is 966 g/mol. The lowest BCUT2D eigenvalue weighted by atomic mass is 9.98. The number of carbonyl (C=O) groups is 4. The van der Waals surface area contributed by atoms with Gasteiger partial charge in [0.25, 0.3) is 0 Å². The van der Waals surface area contributed by atoms with Gasteiger partial charge < -0.3 is 40.2 Å². The molecule has 0 aromatic heterocycles. The first-order valence-electron chi connectivity index (χ1n) is 21.5. The van der Waals surface area contributed by atoms with Crippen molar-refractivity contribution in [2.75, 3.05) is 25.2 Å². The van der Waals surface area contributed by atoms with Crippen molar-refractivity contribution in [2.24, 2.45) is 0 Å². The molecule has 2 unspecified atom stereocenters. The predicted octanol–water partition coefficient (Wildman–Crippen LogP) is 10.1. The minimum absolute atomic E-state index is 0.0390.